The first-order valence-corrected chi connectivity index (χ1v) is 4.93. The number of methoxy groups -OCH3 is 1. The minimum Gasteiger partial charge on any atom is -0.508 e. The van der Waals surface area contributed by atoms with Crippen molar-refractivity contribution in [1.29, 1.82) is 0 Å². The van der Waals surface area contributed by atoms with E-state index in [0.29, 0.717) is 5.75 Å². The highest BCUT2D eigenvalue weighted by Crippen LogP contribution is 2.28. The van der Waals surface area contributed by atoms with Crippen LogP contribution in [0.5, 0.6) is 17.2 Å². The molecule has 0 saturated carbocycles. The van der Waals surface area contributed by atoms with Crippen LogP contribution >= 0.6 is 0 Å². The molecule has 0 bridgehead atoms. The van der Waals surface area contributed by atoms with E-state index < -0.39 is 5.41 Å². The number of phenolic OH excluding ortho intramolecular Hbond substituents is 1. The summed E-state index contributed by atoms with van der Waals surface area (Å²) in [7, 11) is 1.48. The molecule has 4 nitrogen and oxygen atoms in total. The molecular formula is C12H16O4. The highest BCUT2D eigenvalue weighted by Gasteiger charge is 2.24. The van der Waals surface area contributed by atoms with Gasteiger partial charge in [0.15, 0.2) is 0 Å². The Hall–Kier alpha value is -1.71. The van der Waals surface area contributed by atoms with E-state index in [9.17, 15) is 9.90 Å². The first kappa shape index (κ1) is 12.4. The fourth-order valence-electron chi connectivity index (χ4n) is 0.994. The lowest BCUT2D eigenvalue weighted by atomic mass is 9.97. The summed E-state index contributed by atoms with van der Waals surface area (Å²) in [6, 6.07) is 4.35. The van der Waals surface area contributed by atoms with Crippen LogP contribution in [0.15, 0.2) is 18.2 Å². The second-order valence-electron chi connectivity index (χ2n) is 4.51. The molecule has 0 aromatic heterocycles. The van der Waals surface area contributed by atoms with Gasteiger partial charge in [-0.15, -0.1) is 0 Å². The number of rotatable bonds is 2. The topological polar surface area (TPSA) is 55.8 Å². The van der Waals surface area contributed by atoms with Crippen LogP contribution in [0, 0.1) is 5.41 Å². The van der Waals surface area contributed by atoms with E-state index in [1.165, 1.54) is 19.2 Å². The molecule has 1 aromatic carbocycles. The van der Waals surface area contributed by atoms with Gasteiger partial charge in [-0.05, 0) is 20.8 Å². The molecule has 0 spiro atoms. The van der Waals surface area contributed by atoms with Crippen molar-refractivity contribution in [2.45, 2.75) is 20.8 Å². The van der Waals surface area contributed by atoms with Gasteiger partial charge in [0.05, 0.1) is 12.5 Å². The Morgan fingerprint density at radius 2 is 1.75 bits per heavy atom. The van der Waals surface area contributed by atoms with Crippen molar-refractivity contribution < 1.29 is 19.4 Å². The zero-order valence-electron chi connectivity index (χ0n) is 9.90. The Morgan fingerprint density at radius 3 is 2.25 bits per heavy atom. The molecule has 1 N–H and O–H groups in total. The molecule has 16 heavy (non-hydrogen) atoms. The average molecular weight is 224 g/mol. The number of phenols is 1. The summed E-state index contributed by atoms with van der Waals surface area (Å²) in [6.45, 7) is 5.28. The maximum atomic E-state index is 11.6. The summed E-state index contributed by atoms with van der Waals surface area (Å²) in [5.41, 5.74) is -0.585. The summed E-state index contributed by atoms with van der Waals surface area (Å²) < 4.78 is 10.1. The van der Waals surface area contributed by atoms with Crippen LogP contribution in [0.3, 0.4) is 0 Å². The Bertz CT molecular complexity index is 390. The lowest BCUT2D eigenvalue weighted by molar-refractivity contribution is -0.142. The normalized spacial score (nSPS) is 11.0. The molecule has 0 unspecified atom stereocenters. The summed E-state index contributed by atoms with van der Waals surface area (Å²) in [6.07, 6.45) is 0. The largest absolute Gasteiger partial charge is 0.508 e. The smallest absolute Gasteiger partial charge is 0.316 e. The van der Waals surface area contributed by atoms with Crippen molar-refractivity contribution in [1.82, 2.24) is 0 Å². The molecule has 0 heterocycles. The van der Waals surface area contributed by atoms with Crippen LogP contribution in [0.1, 0.15) is 20.8 Å². The zero-order valence-corrected chi connectivity index (χ0v) is 9.90. The van der Waals surface area contributed by atoms with Gasteiger partial charge in [0.2, 0.25) is 0 Å². The van der Waals surface area contributed by atoms with Gasteiger partial charge >= 0.3 is 5.97 Å². The van der Waals surface area contributed by atoms with Crippen molar-refractivity contribution in [3.63, 3.8) is 0 Å². The van der Waals surface area contributed by atoms with Crippen LogP contribution in [0.2, 0.25) is 0 Å². The zero-order chi connectivity index (χ0) is 12.3. The molecule has 0 aliphatic carbocycles. The number of carbonyl (C=O) groups excluding carboxylic acids is 1. The maximum Gasteiger partial charge on any atom is 0.316 e. The SMILES string of the molecule is COc1cc(O)cc(OC(=O)C(C)(C)C)c1. The Labute approximate surface area is 94.8 Å². The third-order valence-corrected chi connectivity index (χ3v) is 1.92. The molecule has 1 aromatic rings. The van der Waals surface area contributed by atoms with Crippen molar-refractivity contribution in [3.05, 3.63) is 18.2 Å². The molecule has 0 atom stereocenters. The summed E-state index contributed by atoms with van der Waals surface area (Å²) in [5.74, 6) is 0.352. The molecule has 0 saturated heterocycles. The molecule has 0 fully saturated rings. The number of benzene rings is 1. The molecule has 0 radical (unpaired) electrons. The van der Waals surface area contributed by atoms with Gasteiger partial charge in [0, 0.05) is 18.2 Å². The third kappa shape index (κ3) is 3.15. The lowest BCUT2D eigenvalue weighted by Gasteiger charge is -2.16. The van der Waals surface area contributed by atoms with Crippen LogP contribution in [-0.2, 0) is 4.79 Å². The monoisotopic (exact) mass is 224 g/mol. The van der Waals surface area contributed by atoms with Gasteiger partial charge in [0.25, 0.3) is 0 Å². The fourth-order valence-corrected chi connectivity index (χ4v) is 0.994. The summed E-state index contributed by atoms with van der Waals surface area (Å²) >= 11 is 0. The standard InChI is InChI=1S/C12H16O4/c1-12(2,3)11(14)16-10-6-8(13)5-9(7-10)15-4/h5-7,13H,1-4H3. The molecule has 0 aliphatic heterocycles. The van der Waals surface area contributed by atoms with Gasteiger partial charge in [-0.2, -0.15) is 0 Å². The highest BCUT2D eigenvalue weighted by atomic mass is 16.5. The van der Waals surface area contributed by atoms with Crippen molar-refractivity contribution in [3.8, 4) is 17.2 Å². The van der Waals surface area contributed by atoms with Crippen LogP contribution in [0.25, 0.3) is 0 Å². The maximum absolute atomic E-state index is 11.6. The van der Waals surface area contributed by atoms with Gasteiger partial charge in [-0.3, -0.25) is 4.79 Å². The third-order valence-electron chi connectivity index (χ3n) is 1.92. The van der Waals surface area contributed by atoms with E-state index >= 15 is 0 Å². The molecule has 0 amide bonds. The summed E-state index contributed by atoms with van der Waals surface area (Å²) in [5, 5.41) is 9.37. The number of hydrogen-bond acceptors (Lipinski definition) is 4. The number of carbonyl (C=O) groups is 1. The van der Waals surface area contributed by atoms with E-state index in [4.69, 9.17) is 9.47 Å². The minimum atomic E-state index is -0.585. The van der Waals surface area contributed by atoms with Crippen LogP contribution in [-0.4, -0.2) is 18.2 Å². The van der Waals surface area contributed by atoms with E-state index in [1.54, 1.807) is 26.8 Å². The number of ether oxygens (including phenoxy) is 2. The van der Waals surface area contributed by atoms with Gasteiger partial charge in [0.1, 0.15) is 17.2 Å². The van der Waals surface area contributed by atoms with E-state index in [1.807, 2.05) is 0 Å². The molecule has 0 aliphatic rings. The quantitative estimate of drug-likeness (QED) is 0.619. The van der Waals surface area contributed by atoms with E-state index in [0.717, 1.165) is 0 Å². The van der Waals surface area contributed by atoms with Crippen LogP contribution < -0.4 is 9.47 Å². The molecule has 4 heteroatoms. The predicted molar refractivity (Wildman–Crippen MR) is 59.7 cm³/mol. The van der Waals surface area contributed by atoms with E-state index in [2.05, 4.69) is 0 Å². The molecule has 88 valence electrons. The number of hydrogen-bond donors (Lipinski definition) is 1. The fraction of sp³-hybridized carbons (Fsp3) is 0.417. The van der Waals surface area contributed by atoms with Crippen molar-refractivity contribution >= 4 is 5.97 Å². The predicted octanol–water partition coefficient (Wildman–Crippen LogP) is 2.35. The Morgan fingerprint density at radius 1 is 1.19 bits per heavy atom. The average Bonchev–Trinajstić information content (AvgIpc) is 2.15. The second-order valence-corrected chi connectivity index (χ2v) is 4.51. The van der Waals surface area contributed by atoms with Crippen molar-refractivity contribution in [2.75, 3.05) is 7.11 Å². The van der Waals surface area contributed by atoms with Crippen LogP contribution in [0.4, 0.5) is 0 Å². The van der Waals surface area contributed by atoms with Crippen molar-refractivity contribution in [2.24, 2.45) is 5.41 Å². The number of esters is 1. The Kier molecular flexibility index (Phi) is 3.42. The first-order chi connectivity index (χ1) is 7.32. The Balaban J connectivity index is 2.89. The summed E-state index contributed by atoms with van der Waals surface area (Å²) in [4.78, 5) is 11.6. The highest BCUT2D eigenvalue weighted by molar-refractivity contribution is 5.78. The minimum absolute atomic E-state index is 0.00365. The van der Waals surface area contributed by atoms with Gasteiger partial charge in [-0.1, -0.05) is 0 Å². The lowest BCUT2D eigenvalue weighted by Crippen LogP contribution is -2.25. The van der Waals surface area contributed by atoms with Gasteiger partial charge < -0.3 is 14.6 Å². The van der Waals surface area contributed by atoms with Gasteiger partial charge in [-0.25, -0.2) is 0 Å². The molecule has 1 rings (SSSR count). The number of aromatic hydroxyl groups is 1. The van der Waals surface area contributed by atoms with E-state index in [-0.39, 0.29) is 17.5 Å². The molecular weight excluding hydrogens is 208 g/mol. The second kappa shape index (κ2) is 4.43. The first-order valence-electron chi connectivity index (χ1n) is 4.93.